The highest BCUT2D eigenvalue weighted by Gasteiger charge is 2.24. The molecule has 0 aromatic rings. The summed E-state index contributed by atoms with van der Waals surface area (Å²) < 4.78 is 33.1. The van der Waals surface area contributed by atoms with Gasteiger partial charge >= 0.3 is 13.8 Å². The van der Waals surface area contributed by atoms with E-state index in [1.807, 2.05) is 6.08 Å². The largest absolute Gasteiger partial charge is 0.492 e. The fourth-order valence-corrected chi connectivity index (χ4v) is 6.33. The van der Waals surface area contributed by atoms with E-state index >= 15 is 0 Å². The van der Waals surface area contributed by atoms with Crippen LogP contribution in [0.3, 0.4) is 0 Å². The van der Waals surface area contributed by atoms with Crippen LogP contribution in [0.4, 0.5) is 0 Å². The van der Waals surface area contributed by atoms with Crippen molar-refractivity contribution in [3.8, 4) is 0 Å². The number of hydrogen-bond acceptors (Lipinski definition) is 7. The van der Waals surface area contributed by atoms with Gasteiger partial charge in [0, 0.05) is 13.0 Å². The van der Waals surface area contributed by atoms with Gasteiger partial charge in [-0.25, -0.2) is 4.57 Å². The minimum atomic E-state index is -4.25. The number of rotatable bonds is 38. The van der Waals surface area contributed by atoms with Crippen LogP contribution >= 0.6 is 7.82 Å². The third kappa shape index (κ3) is 36.2. The number of allylic oxidation sites excluding steroid dienone is 1. The topological polar surface area (TPSA) is 117 Å². The highest BCUT2D eigenvalue weighted by Crippen LogP contribution is 2.43. The Bertz CT molecular complexity index is 737. The molecule has 8 nitrogen and oxygen atoms in total. The van der Waals surface area contributed by atoms with Gasteiger partial charge < -0.3 is 20.1 Å². The molecule has 0 spiro atoms. The van der Waals surface area contributed by atoms with Crippen molar-refractivity contribution in [1.82, 2.24) is 0 Å². The van der Waals surface area contributed by atoms with E-state index in [0.29, 0.717) is 6.42 Å². The average Bonchev–Trinajstić information content (AvgIpc) is 3.06. The van der Waals surface area contributed by atoms with E-state index < -0.39 is 13.9 Å². The molecule has 0 saturated carbocycles. The zero-order valence-electron chi connectivity index (χ0n) is 30.8. The summed E-state index contributed by atoms with van der Waals surface area (Å²) in [5.74, 6) is -0.288. The molecule has 0 amide bonds. The van der Waals surface area contributed by atoms with E-state index in [-0.39, 0.29) is 32.3 Å². The number of hydrogen-bond donors (Lipinski definition) is 2. The zero-order chi connectivity index (χ0) is 34.5. The maximum atomic E-state index is 12.3. The van der Waals surface area contributed by atoms with Crippen molar-refractivity contribution in [3.63, 3.8) is 0 Å². The summed E-state index contributed by atoms with van der Waals surface area (Å²) in [5.41, 5.74) is 5.35. The summed E-state index contributed by atoms with van der Waals surface area (Å²) in [6.45, 7) is 4.23. The monoisotopic (exact) mass is 690 g/mol. The Morgan fingerprint density at radius 1 is 0.638 bits per heavy atom. The molecule has 2 unspecified atom stereocenters. The first-order valence-corrected chi connectivity index (χ1v) is 21.2. The quantitative estimate of drug-likeness (QED) is 0.0285. The average molecular weight is 690 g/mol. The summed E-state index contributed by atoms with van der Waals surface area (Å²) in [4.78, 5) is 22.2. The molecule has 0 aliphatic carbocycles. The first-order chi connectivity index (χ1) is 22.9. The van der Waals surface area contributed by atoms with Gasteiger partial charge in [0.25, 0.3) is 0 Å². The van der Waals surface area contributed by atoms with E-state index in [1.54, 1.807) is 6.26 Å². The molecule has 2 atom stereocenters. The number of unbranched alkanes of at least 4 members (excludes halogenated alkanes) is 25. The molecule has 0 fully saturated rings. The number of ether oxygens (including phenoxy) is 2. The Morgan fingerprint density at radius 3 is 1.51 bits per heavy atom. The molecule has 280 valence electrons. The third-order valence-electron chi connectivity index (χ3n) is 8.55. The van der Waals surface area contributed by atoms with Gasteiger partial charge in [0.15, 0.2) is 6.10 Å². The standard InChI is InChI=1S/C38H76NO7P/c1-3-5-7-9-11-13-15-17-18-19-20-22-24-26-28-30-33-43-37(36-46-47(41,42)45-34-32-39)35-44-38(40)31-29-27-25-23-21-16-14-12-10-8-6-4-2/h30,33,37H,3-29,31-32,34-36,39H2,1-2H3,(H,41,42). The fraction of sp³-hybridized carbons (Fsp3) is 0.921. The highest BCUT2D eigenvalue weighted by molar-refractivity contribution is 7.47. The van der Waals surface area contributed by atoms with Gasteiger partial charge in [-0.15, -0.1) is 0 Å². The van der Waals surface area contributed by atoms with Crippen LogP contribution in [0.2, 0.25) is 0 Å². The molecule has 0 aromatic heterocycles. The minimum Gasteiger partial charge on any atom is -0.492 e. The molecule has 0 saturated heterocycles. The van der Waals surface area contributed by atoms with Crippen LogP contribution in [0.5, 0.6) is 0 Å². The van der Waals surface area contributed by atoms with Gasteiger partial charge in [-0.2, -0.15) is 0 Å². The van der Waals surface area contributed by atoms with Crippen molar-refractivity contribution in [2.24, 2.45) is 5.73 Å². The van der Waals surface area contributed by atoms with Gasteiger partial charge in [0.1, 0.15) is 6.61 Å². The second kappa shape index (κ2) is 36.4. The predicted molar refractivity (Wildman–Crippen MR) is 196 cm³/mol. The maximum absolute atomic E-state index is 12.3. The summed E-state index contributed by atoms with van der Waals surface area (Å²) in [6.07, 6.45) is 37.5. The molecular formula is C38H76NO7P. The van der Waals surface area contributed by atoms with E-state index in [1.165, 1.54) is 141 Å². The van der Waals surface area contributed by atoms with Crippen LogP contribution in [0.1, 0.15) is 194 Å². The van der Waals surface area contributed by atoms with E-state index in [2.05, 4.69) is 13.8 Å². The molecule has 0 aliphatic heterocycles. The Balaban J connectivity index is 4.09. The van der Waals surface area contributed by atoms with Gasteiger partial charge in [0.05, 0.1) is 19.5 Å². The molecule has 0 radical (unpaired) electrons. The highest BCUT2D eigenvalue weighted by atomic mass is 31.2. The van der Waals surface area contributed by atoms with Crippen LogP contribution in [0.25, 0.3) is 0 Å². The summed E-state index contributed by atoms with van der Waals surface area (Å²) in [5, 5.41) is 0. The third-order valence-corrected chi connectivity index (χ3v) is 9.54. The summed E-state index contributed by atoms with van der Waals surface area (Å²) in [7, 11) is -4.25. The lowest BCUT2D eigenvalue weighted by molar-refractivity contribution is -0.147. The molecular weight excluding hydrogens is 613 g/mol. The summed E-state index contributed by atoms with van der Waals surface area (Å²) in [6, 6.07) is 0. The van der Waals surface area contributed by atoms with Crippen molar-refractivity contribution >= 4 is 13.8 Å². The Hall–Kier alpha value is -0.920. The van der Waals surface area contributed by atoms with Crippen molar-refractivity contribution in [2.45, 2.75) is 200 Å². The molecule has 3 N–H and O–H groups in total. The number of nitrogens with two attached hydrogens (primary N) is 1. The van der Waals surface area contributed by atoms with Crippen LogP contribution in [0.15, 0.2) is 12.3 Å². The minimum absolute atomic E-state index is 0.0584. The number of phosphoric ester groups is 1. The molecule has 9 heteroatoms. The van der Waals surface area contributed by atoms with Crippen molar-refractivity contribution in [3.05, 3.63) is 12.3 Å². The van der Waals surface area contributed by atoms with E-state index in [9.17, 15) is 14.3 Å². The van der Waals surface area contributed by atoms with E-state index in [0.717, 1.165) is 32.1 Å². The molecule has 0 aromatic carbocycles. The molecule has 47 heavy (non-hydrogen) atoms. The Morgan fingerprint density at radius 2 is 1.06 bits per heavy atom. The first-order valence-electron chi connectivity index (χ1n) is 19.7. The number of carbonyl (C=O) groups is 1. The number of carbonyl (C=O) groups excluding carboxylic acids is 1. The van der Waals surface area contributed by atoms with Crippen LogP contribution in [-0.4, -0.2) is 43.3 Å². The Kier molecular flexibility index (Phi) is 35.7. The van der Waals surface area contributed by atoms with Crippen molar-refractivity contribution in [1.29, 1.82) is 0 Å². The van der Waals surface area contributed by atoms with E-state index in [4.69, 9.17) is 24.3 Å². The van der Waals surface area contributed by atoms with Crippen molar-refractivity contribution < 1.29 is 32.8 Å². The lowest BCUT2D eigenvalue weighted by Crippen LogP contribution is -2.25. The van der Waals surface area contributed by atoms with Gasteiger partial charge in [-0.05, 0) is 25.3 Å². The Labute approximate surface area is 290 Å². The SMILES string of the molecule is CCCCCCCCCCCCCCCCC=COC(COC(=O)CCCCCCCCCCCCCC)COP(=O)(O)OCCN. The molecule has 0 aliphatic rings. The smallest absolute Gasteiger partial charge is 0.472 e. The maximum Gasteiger partial charge on any atom is 0.472 e. The molecule has 0 rings (SSSR count). The normalized spacial score (nSPS) is 13.6. The van der Waals surface area contributed by atoms with Crippen LogP contribution in [0, 0.1) is 0 Å². The van der Waals surface area contributed by atoms with Crippen molar-refractivity contribution in [2.75, 3.05) is 26.4 Å². The molecule has 0 bridgehead atoms. The zero-order valence-corrected chi connectivity index (χ0v) is 31.7. The summed E-state index contributed by atoms with van der Waals surface area (Å²) >= 11 is 0. The van der Waals surface area contributed by atoms with Gasteiger partial charge in [-0.1, -0.05) is 168 Å². The van der Waals surface area contributed by atoms with Crippen LogP contribution in [-0.2, 0) is 27.9 Å². The second-order valence-electron chi connectivity index (χ2n) is 13.2. The lowest BCUT2D eigenvalue weighted by Gasteiger charge is -2.19. The number of phosphoric acid groups is 1. The fourth-order valence-electron chi connectivity index (χ4n) is 5.57. The van der Waals surface area contributed by atoms with Crippen LogP contribution < -0.4 is 5.73 Å². The molecule has 0 heterocycles. The first kappa shape index (κ1) is 46.1. The lowest BCUT2D eigenvalue weighted by atomic mass is 10.0. The second-order valence-corrected chi connectivity index (χ2v) is 14.7. The van der Waals surface area contributed by atoms with Gasteiger partial charge in [0.2, 0.25) is 0 Å². The number of esters is 1. The predicted octanol–water partition coefficient (Wildman–Crippen LogP) is 11.5. The van der Waals surface area contributed by atoms with Gasteiger partial charge in [-0.3, -0.25) is 13.8 Å².